The average Bonchev–Trinajstić information content (AvgIpc) is 3.06. The first-order valence-electron chi connectivity index (χ1n) is 8.22. The first-order chi connectivity index (χ1) is 10.0. The smallest absolute Gasteiger partial charge is 0.416 e. The number of carbonyl (C=O) groups excluding carboxylic acids is 2. The average molecular weight is 297 g/mol. The van der Waals surface area contributed by atoms with Crippen molar-refractivity contribution in [2.75, 3.05) is 6.61 Å². The molecule has 0 aromatic rings. The van der Waals surface area contributed by atoms with Gasteiger partial charge in [-0.15, -0.1) is 0 Å². The maximum atomic E-state index is 12.7. The molecule has 1 saturated heterocycles. The van der Waals surface area contributed by atoms with E-state index in [-0.39, 0.29) is 18.6 Å². The van der Waals surface area contributed by atoms with E-state index in [1.54, 1.807) is 0 Å². The summed E-state index contributed by atoms with van der Waals surface area (Å²) in [5.41, 5.74) is 0. The molecular weight excluding hydrogens is 270 g/mol. The maximum Gasteiger partial charge on any atom is 0.416 e. The van der Waals surface area contributed by atoms with Gasteiger partial charge in [0.1, 0.15) is 6.61 Å². The molecule has 120 valence electrons. The van der Waals surface area contributed by atoms with Crippen molar-refractivity contribution in [3.8, 4) is 0 Å². The number of rotatable bonds is 6. The highest BCUT2D eigenvalue weighted by atomic mass is 16.6. The number of nitrogens with zero attached hydrogens (tertiary/aromatic N) is 1. The van der Waals surface area contributed by atoms with Crippen molar-refractivity contribution >= 4 is 12.0 Å². The molecule has 2 aliphatic rings. The molecule has 2 rings (SSSR count). The van der Waals surface area contributed by atoms with Crippen LogP contribution in [0.15, 0.2) is 0 Å². The molecule has 0 bridgehead atoms. The normalized spacial score (nSPS) is 26.0. The summed E-state index contributed by atoms with van der Waals surface area (Å²) in [6.45, 7) is 4.05. The van der Waals surface area contributed by atoms with Crippen LogP contribution in [0, 0.1) is 11.8 Å². The quantitative estimate of drug-likeness (QED) is 0.818. The highest BCUT2D eigenvalue weighted by molar-refractivity contribution is 5.95. The summed E-state index contributed by atoms with van der Waals surface area (Å²) in [5.74, 6) is -0.224. The van der Waals surface area contributed by atoms with E-state index in [9.17, 15) is 14.7 Å². The lowest BCUT2D eigenvalue weighted by Gasteiger charge is -2.28. The predicted molar refractivity (Wildman–Crippen MR) is 78.6 cm³/mol. The van der Waals surface area contributed by atoms with Gasteiger partial charge in [-0.05, 0) is 25.7 Å². The van der Waals surface area contributed by atoms with Crippen LogP contribution in [-0.4, -0.2) is 40.8 Å². The fourth-order valence-electron chi connectivity index (χ4n) is 3.53. The Bertz CT molecular complexity index is 378. The van der Waals surface area contributed by atoms with E-state index >= 15 is 0 Å². The van der Waals surface area contributed by atoms with Gasteiger partial charge >= 0.3 is 6.09 Å². The molecule has 1 aliphatic carbocycles. The van der Waals surface area contributed by atoms with E-state index in [1.807, 2.05) is 13.8 Å². The zero-order valence-electron chi connectivity index (χ0n) is 13.1. The van der Waals surface area contributed by atoms with Crippen LogP contribution in [0.1, 0.15) is 58.8 Å². The third-order valence-corrected chi connectivity index (χ3v) is 4.75. The molecule has 0 spiro atoms. The molecule has 5 nitrogen and oxygen atoms in total. The Hall–Kier alpha value is -1.10. The molecule has 2 fully saturated rings. The van der Waals surface area contributed by atoms with Crippen molar-refractivity contribution < 1.29 is 19.4 Å². The maximum absolute atomic E-state index is 12.7. The van der Waals surface area contributed by atoms with Crippen molar-refractivity contribution in [2.45, 2.75) is 70.9 Å². The SMILES string of the molecule is CCC[C@H](O)[C@@H](CC1CCCC1)C(=O)N1C(=O)OC[C@H]1C. The third-order valence-electron chi connectivity index (χ3n) is 4.75. The van der Waals surface area contributed by atoms with E-state index in [4.69, 9.17) is 4.74 Å². The van der Waals surface area contributed by atoms with E-state index in [2.05, 4.69) is 0 Å². The van der Waals surface area contributed by atoms with Crippen LogP contribution in [-0.2, 0) is 9.53 Å². The van der Waals surface area contributed by atoms with Gasteiger partial charge in [-0.2, -0.15) is 0 Å². The summed E-state index contributed by atoms with van der Waals surface area (Å²) in [4.78, 5) is 25.7. The fraction of sp³-hybridized carbons (Fsp3) is 0.875. The van der Waals surface area contributed by atoms with Crippen molar-refractivity contribution in [1.29, 1.82) is 0 Å². The zero-order valence-corrected chi connectivity index (χ0v) is 13.1. The lowest BCUT2D eigenvalue weighted by atomic mass is 9.86. The Labute approximate surface area is 126 Å². The van der Waals surface area contributed by atoms with Gasteiger partial charge in [-0.1, -0.05) is 39.0 Å². The number of amides is 2. The van der Waals surface area contributed by atoms with Gasteiger partial charge in [0.2, 0.25) is 5.91 Å². The Balaban J connectivity index is 2.09. The van der Waals surface area contributed by atoms with Crippen LogP contribution in [0.4, 0.5) is 4.79 Å². The van der Waals surface area contributed by atoms with Crippen LogP contribution in [0.25, 0.3) is 0 Å². The molecule has 1 heterocycles. The summed E-state index contributed by atoms with van der Waals surface area (Å²) in [6.07, 6.45) is 5.56. The van der Waals surface area contributed by atoms with Gasteiger partial charge in [0, 0.05) is 0 Å². The number of imide groups is 1. The summed E-state index contributed by atoms with van der Waals surface area (Å²) in [5, 5.41) is 10.4. The first kappa shape index (κ1) is 16.3. The topological polar surface area (TPSA) is 66.8 Å². The van der Waals surface area contributed by atoms with Crippen LogP contribution in [0.5, 0.6) is 0 Å². The Kier molecular flexibility index (Phi) is 5.62. The minimum absolute atomic E-state index is 0.232. The molecule has 0 aromatic carbocycles. The largest absolute Gasteiger partial charge is 0.447 e. The van der Waals surface area contributed by atoms with Gasteiger partial charge in [0.15, 0.2) is 0 Å². The standard InChI is InChI=1S/C16H27NO4/c1-3-6-14(18)13(9-12-7-4-5-8-12)15(19)17-11(2)10-21-16(17)20/h11-14,18H,3-10H2,1-2H3/t11-,13-,14+/m1/s1. The molecule has 21 heavy (non-hydrogen) atoms. The minimum atomic E-state index is -0.663. The summed E-state index contributed by atoms with van der Waals surface area (Å²) < 4.78 is 4.94. The Morgan fingerprint density at radius 3 is 2.62 bits per heavy atom. The van der Waals surface area contributed by atoms with Crippen molar-refractivity contribution in [2.24, 2.45) is 11.8 Å². The molecule has 0 unspecified atom stereocenters. The highest BCUT2D eigenvalue weighted by Gasteiger charge is 2.41. The van der Waals surface area contributed by atoms with Crippen molar-refractivity contribution in [3.05, 3.63) is 0 Å². The molecule has 0 aromatic heterocycles. The monoisotopic (exact) mass is 297 g/mol. The van der Waals surface area contributed by atoms with E-state index in [0.717, 1.165) is 19.3 Å². The second-order valence-corrected chi connectivity index (χ2v) is 6.48. The number of cyclic esters (lactones) is 1. The fourth-order valence-corrected chi connectivity index (χ4v) is 3.53. The Morgan fingerprint density at radius 2 is 2.10 bits per heavy atom. The third kappa shape index (κ3) is 3.76. The number of carbonyl (C=O) groups is 2. The first-order valence-corrected chi connectivity index (χ1v) is 8.22. The second-order valence-electron chi connectivity index (χ2n) is 6.48. The number of aliphatic hydroxyl groups excluding tert-OH is 1. The molecule has 0 radical (unpaired) electrons. The van der Waals surface area contributed by atoms with Crippen molar-refractivity contribution in [3.63, 3.8) is 0 Å². The number of aliphatic hydroxyl groups is 1. The predicted octanol–water partition coefficient (Wildman–Crippen LogP) is 2.71. The van der Waals surface area contributed by atoms with Gasteiger partial charge in [0.25, 0.3) is 0 Å². The molecule has 1 saturated carbocycles. The molecule has 1 aliphatic heterocycles. The molecule has 2 amide bonds. The minimum Gasteiger partial charge on any atom is -0.447 e. The highest BCUT2D eigenvalue weighted by Crippen LogP contribution is 2.33. The lowest BCUT2D eigenvalue weighted by Crippen LogP contribution is -2.45. The van der Waals surface area contributed by atoms with E-state index in [0.29, 0.717) is 18.8 Å². The number of hydrogen-bond acceptors (Lipinski definition) is 4. The second kappa shape index (κ2) is 7.25. The van der Waals surface area contributed by atoms with E-state index < -0.39 is 18.1 Å². The van der Waals surface area contributed by atoms with Gasteiger partial charge in [0.05, 0.1) is 18.1 Å². The molecule has 1 N–H and O–H groups in total. The molecular formula is C16H27NO4. The summed E-state index contributed by atoms with van der Waals surface area (Å²) in [7, 11) is 0. The number of ether oxygens (including phenoxy) is 1. The van der Waals surface area contributed by atoms with Gasteiger partial charge in [-0.3, -0.25) is 4.79 Å². The van der Waals surface area contributed by atoms with Crippen LogP contribution >= 0.6 is 0 Å². The molecule has 3 atom stereocenters. The number of hydrogen-bond donors (Lipinski definition) is 1. The van der Waals surface area contributed by atoms with E-state index in [1.165, 1.54) is 17.7 Å². The lowest BCUT2D eigenvalue weighted by molar-refractivity contribution is -0.138. The van der Waals surface area contributed by atoms with Crippen LogP contribution in [0.3, 0.4) is 0 Å². The van der Waals surface area contributed by atoms with Crippen molar-refractivity contribution in [1.82, 2.24) is 4.90 Å². The van der Waals surface area contributed by atoms with Crippen LogP contribution < -0.4 is 0 Å². The van der Waals surface area contributed by atoms with Gasteiger partial charge < -0.3 is 9.84 Å². The Morgan fingerprint density at radius 1 is 1.43 bits per heavy atom. The van der Waals surface area contributed by atoms with Gasteiger partial charge in [-0.25, -0.2) is 9.69 Å². The zero-order chi connectivity index (χ0) is 15.4. The summed E-state index contributed by atoms with van der Waals surface area (Å²) >= 11 is 0. The molecule has 5 heteroatoms. The summed E-state index contributed by atoms with van der Waals surface area (Å²) in [6, 6.07) is -0.232. The van der Waals surface area contributed by atoms with Crippen LogP contribution in [0.2, 0.25) is 0 Å².